The molecule has 1 aromatic rings. The Morgan fingerprint density at radius 1 is 1.42 bits per heavy atom. The summed E-state index contributed by atoms with van der Waals surface area (Å²) >= 11 is 0. The molecule has 0 aliphatic heterocycles. The van der Waals surface area contributed by atoms with Crippen molar-refractivity contribution in [1.29, 1.82) is 0 Å². The molecule has 0 unspecified atom stereocenters. The maximum Gasteiger partial charge on any atom is 0.119 e. The molecule has 1 aromatic carbocycles. The summed E-state index contributed by atoms with van der Waals surface area (Å²) in [5, 5.41) is 0. The van der Waals surface area contributed by atoms with E-state index in [1.165, 1.54) is 11.1 Å². The highest BCUT2D eigenvalue weighted by Gasteiger charge is 1.97. The van der Waals surface area contributed by atoms with Crippen molar-refractivity contribution in [3.63, 3.8) is 0 Å². The van der Waals surface area contributed by atoms with Gasteiger partial charge in [0.15, 0.2) is 0 Å². The van der Waals surface area contributed by atoms with Gasteiger partial charge >= 0.3 is 0 Å². The molecule has 0 aliphatic rings. The Morgan fingerprint density at radius 2 is 2.17 bits per heavy atom. The Hall–Kier alpha value is -1.02. The van der Waals surface area contributed by atoms with Crippen LogP contribution in [0.1, 0.15) is 18.1 Å². The van der Waals surface area contributed by atoms with E-state index in [0.29, 0.717) is 13.2 Å². The lowest BCUT2D eigenvalue weighted by Gasteiger charge is -2.06. The highest BCUT2D eigenvalue weighted by atomic mass is 16.5. The number of nitrogens with two attached hydrogens (primary N) is 1. The van der Waals surface area contributed by atoms with Crippen LogP contribution in [0.2, 0.25) is 0 Å². The molecule has 2 N–H and O–H groups in total. The van der Waals surface area contributed by atoms with Crippen LogP contribution in [0.5, 0.6) is 5.75 Å². The largest absolute Gasteiger partial charge is 0.494 e. The average molecular weight is 165 g/mol. The molecule has 0 fully saturated rings. The van der Waals surface area contributed by atoms with Gasteiger partial charge in [0.05, 0.1) is 6.61 Å². The summed E-state index contributed by atoms with van der Waals surface area (Å²) in [5.41, 5.74) is 7.91. The number of hydrogen-bond acceptors (Lipinski definition) is 2. The molecule has 12 heavy (non-hydrogen) atoms. The molecule has 0 amide bonds. The van der Waals surface area contributed by atoms with Gasteiger partial charge in [-0.3, -0.25) is 0 Å². The smallest absolute Gasteiger partial charge is 0.119 e. The molecule has 0 radical (unpaired) electrons. The van der Waals surface area contributed by atoms with Gasteiger partial charge in [-0.05, 0) is 37.1 Å². The van der Waals surface area contributed by atoms with Crippen LogP contribution in [0, 0.1) is 6.92 Å². The van der Waals surface area contributed by atoms with E-state index in [0.717, 1.165) is 5.75 Å². The van der Waals surface area contributed by atoms with Crippen molar-refractivity contribution in [2.24, 2.45) is 5.73 Å². The fraction of sp³-hybridized carbons (Fsp3) is 0.400. The second kappa shape index (κ2) is 4.12. The first-order valence-corrected chi connectivity index (χ1v) is 4.20. The number of aryl methyl sites for hydroxylation is 1. The first-order chi connectivity index (χ1) is 5.77. The van der Waals surface area contributed by atoms with E-state index >= 15 is 0 Å². The molecular formula is C10H15NO. The van der Waals surface area contributed by atoms with Crippen LogP contribution in [-0.2, 0) is 6.54 Å². The van der Waals surface area contributed by atoms with Gasteiger partial charge < -0.3 is 10.5 Å². The fourth-order valence-electron chi connectivity index (χ4n) is 1.15. The van der Waals surface area contributed by atoms with Crippen molar-refractivity contribution >= 4 is 0 Å². The number of benzene rings is 1. The van der Waals surface area contributed by atoms with Crippen LogP contribution in [0.25, 0.3) is 0 Å². The van der Waals surface area contributed by atoms with Crippen molar-refractivity contribution < 1.29 is 4.74 Å². The van der Waals surface area contributed by atoms with Gasteiger partial charge in [-0.2, -0.15) is 0 Å². The van der Waals surface area contributed by atoms with E-state index < -0.39 is 0 Å². The maximum absolute atomic E-state index is 5.53. The second-order valence-corrected chi connectivity index (χ2v) is 2.73. The van der Waals surface area contributed by atoms with E-state index in [2.05, 4.69) is 0 Å². The van der Waals surface area contributed by atoms with E-state index in [1.54, 1.807) is 0 Å². The van der Waals surface area contributed by atoms with E-state index in [4.69, 9.17) is 10.5 Å². The van der Waals surface area contributed by atoms with Gasteiger partial charge in [0.25, 0.3) is 0 Å². The molecule has 0 saturated carbocycles. The third-order valence-electron chi connectivity index (χ3n) is 1.84. The van der Waals surface area contributed by atoms with Crippen LogP contribution in [-0.4, -0.2) is 6.61 Å². The number of hydrogen-bond donors (Lipinski definition) is 1. The molecule has 2 heteroatoms. The first kappa shape index (κ1) is 9.07. The topological polar surface area (TPSA) is 35.2 Å². The molecule has 0 aromatic heterocycles. The van der Waals surface area contributed by atoms with Crippen LogP contribution < -0.4 is 10.5 Å². The zero-order valence-corrected chi connectivity index (χ0v) is 7.63. The number of rotatable bonds is 3. The zero-order valence-electron chi connectivity index (χ0n) is 7.63. The van der Waals surface area contributed by atoms with Crippen molar-refractivity contribution in [3.8, 4) is 5.75 Å². The minimum atomic E-state index is 0.595. The summed E-state index contributed by atoms with van der Waals surface area (Å²) in [4.78, 5) is 0. The Bertz CT molecular complexity index is 258. The molecule has 0 bridgehead atoms. The van der Waals surface area contributed by atoms with E-state index in [-0.39, 0.29) is 0 Å². The third-order valence-corrected chi connectivity index (χ3v) is 1.84. The summed E-state index contributed by atoms with van der Waals surface area (Å²) in [7, 11) is 0. The molecule has 2 nitrogen and oxygen atoms in total. The Labute approximate surface area is 73.3 Å². The molecule has 0 heterocycles. The predicted molar refractivity (Wildman–Crippen MR) is 50.2 cm³/mol. The lowest BCUT2D eigenvalue weighted by molar-refractivity contribution is 0.340. The van der Waals surface area contributed by atoms with Crippen LogP contribution in [0.15, 0.2) is 18.2 Å². The first-order valence-electron chi connectivity index (χ1n) is 4.20. The van der Waals surface area contributed by atoms with E-state index in [1.807, 2.05) is 32.0 Å². The Kier molecular flexibility index (Phi) is 3.11. The summed E-state index contributed by atoms with van der Waals surface area (Å²) in [6, 6.07) is 5.99. The average Bonchev–Trinajstić information content (AvgIpc) is 2.05. The summed E-state index contributed by atoms with van der Waals surface area (Å²) < 4.78 is 5.35. The molecule has 1 rings (SSSR count). The normalized spacial score (nSPS) is 9.92. The minimum Gasteiger partial charge on any atom is -0.494 e. The maximum atomic E-state index is 5.53. The predicted octanol–water partition coefficient (Wildman–Crippen LogP) is 1.85. The van der Waals surface area contributed by atoms with Gasteiger partial charge in [0.1, 0.15) is 5.75 Å². The quantitative estimate of drug-likeness (QED) is 0.741. The number of ether oxygens (including phenoxy) is 1. The van der Waals surface area contributed by atoms with Crippen molar-refractivity contribution in [2.75, 3.05) is 6.61 Å². The van der Waals surface area contributed by atoms with Gasteiger partial charge in [0.2, 0.25) is 0 Å². The monoisotopic (exact) mass is 165 g/mol. The van der Waals surface area contributed by atoms with Crippen molar-refractivity contribution in [1.82, 2.24) is 0 Å². The third kappa shape index (κ3) is 1.98. The Balaban J connectivity index is 2.86. The van der Waals surface area contributed by atoms with E-state index in [9.17, 15) is 0 Å². The van der Waals surface area contributed by atoms with Gasteiger partial charge in [-0.25, -0.2) is 0 Å². The highest BCUT2D eigenvalue weighted by molar-refractivity contribution is 5.34. The Morgan fingerprint density at radius 3 is 2.67 bits per heavy atom. The van der Waals surface area contributed by atoms with Gasteiger partial charge in [0, 0.05) is 6.54 Å². The van der Waals surface area contributed by atoms with Gasteiger partial charge in [-0.1, -0.05) is 6.07 Å². The summed E-state index contributed by atoms with van der Waals surface area (Å²) in [6.45, 7) is 5.33. The minimum absolute atomic E-state index is 0.595. The molecule has 0 aliphatic carbocycles. The molecule has 0 spiro atoms. The van der Waals surface area contributed by atoms with Crippen molar-refractivity contribution in [3.05, 3.63) is 29.3 Å². The van der Waals surface area contributed by atoms with Crippen LogP contribution in [0.4, 0.5) is 0 Å². The lowest BCUT2D eigenvalue weighted by atomic mass is 10.1. The SMILES string of the molecule is CCOc1ccc(CN)c(C)c1. The highest BCUT2D eigenvalue weighted by Crippen LogP contribution is 2.16. The molecule has 0 atom stereocenters. The van der Waals surface area contributed by atoms with Crippen LogP contribution >= 0.6 is 0 Å². The standard InChI is InChI=1S/C10H15NO/c1-3-12-10-5-4-9(7-11)8(2)6-10/h4-6H,3,7,11H2,1-2H3. The molecular weight excluding hydrogens is 150 g/mol. The summed E-state index contributed by atoms with van der Waals surface area (Å²) in [6.07, 6.45) is 0. The lowest BCUT2D eigenvalue weighted by Crippen LogP contribution is -1.99. The zero-order chi connectivity index (χ0) is 8.97. The fourth-order valence-corrected chi connectivity index (χ4v) is 1.15. The molecule has 66 valence electrons. The van der Waals surface area contributed by atoms with Gasteiger partial charge in [-0.15, -0.1) is 0 Å². The molecule has 0 saturated heterocycles. The summed E-state index contributed by atoms with van der Waals surface area (Å²) in [5.74, 6) is 0.923. The second-order valence-electron chi connectivity index (χ2n) is 2.73. The van der Waals surface area contributed by atoms with Crippen LogP contribution in [0.3, 0.4) is 0 Å². The van der Waals surface area contributed by atoms with Crippen molar-refractivity contribution in [2.45, 2.75) is 20.4 Å².